The van der Waals surface area contributed by atoms with Crippen LogP contribution in [0, 0.1) is 18.8 Å². The van der Waals surface area contributed by atoms with Crippen molar-refractivity contribution >= 4 is 41.1 Å². The van der Waals surface area contributed by atoms with Gasteiger partial charge in [-0.25, -0.2) is 9.69 Å². The second-order valence-corrected chi connectivity index (χ2v) is 10.1. The number of ether oxygens (including phenoxy) is 2. The van der Waals surface area contributed by atoms with Gasteiger partial charge in [0.15, 0.2) is 11.5 Å². The van der Waals surface area contributed by atoms with Gasteiger partial charge in [-0.3, -0.25) is 19.7 Å². The lowest BCUT2D eigenvalue weighted by molar-refractivity contribution is -0.149. The Morgan fingerprint density at radius 2 is 1.89 bits per heavy atom. The summed E-state index contributed by atoms with van der Waals surface area (Å²) in [7, 11) is 0. The Hall–Kier alpha value is -3.83. The summed E-state index contributed by atoms with van der Waals surface area (Å²) in [5.74, 6) is -3.62. The van der Waals surface area contributed by atoms with Crippen molar-refractivity contribution in [3.05, 3.63) is 52.5 Å². The first-order valence-electron chi connectivity index (χ1n) is 12.2. The molecule has 0 bridgehead atoms. The van der Waals surface area contributed by atoms with E-state index < -0.39 is 47.2 Å². The fourth-order valence-electron chi connectivity index (χ4n) is 5.63. The Morgan fingerprint density at radius 3 is 2.58 bits per heavy atom. The molecule has 3 aliphatic heterocycles. The first-order valence-corrected chi connectivity index (χ1v) is 12.6. The molecule has 0 aromatic heterocycles. The monoisotopic (exact) mass is 542 g/mol. The van der Waals surface area contributed by atoms with Crippen molar-refractivity contribution in [2.45, 2.75) is 31.3 Å². The number of amides is 4. The molecule has 3 aliphatic rings. The summed E-state index contributed by atoms with van der Waals surface area (Å²) in [6, 6.07) is 8.44. The zero-order valence-corrected chi connectivity index (χ0v) is 21.3. The number of aliphatic carboxylic acids is 1. The zero-order chi connectivity index (χ0) is 27.2. The van der Waals surface area contributed by atoms with Crippen molar-refractivity contribution in [1.29, 1.82) is 0 Å². The number of imide groups is 1. The molecule has 4 amide bonds. The highest BCUT2D eigenvalue weighted by atomic mass is 35.5. The summed E-state index contributed by atoms with van der Waals surface area (Å²) in [5, 5.41) is 16.4. The predicted octanol–water partition coefficient (Wildman–Crippen LogP) is 2.14. The van der Waals surface area contributed by atoms with Crippen LogP contribution in [0.3, 0.4) is 0 Å². The Balaban J connectivity index is 1.58. The van der Waals surface area contributed by atoms with Crippen LogP contribution in [0.2, 0.25) is 5.02 Å². The summed E-state index contributed by atoms with van der Waals surface area (Å²) in [4.78, 5) is 52.8. The van der Waals surface area contributed by atoms with Crippen LogP contribution in [0.1, 0.15) is 30.0 Å². The summed E-state index contributed by atoms with van der Waals surface area (Å²) in [6.45, 7) is 2.66. The topological polar surface area (TPSA) is 160 Å². The average Bonchev–Trinajstić information content (AvgIpc) is 3.37. The van der Waals surface area contributed by atoms with Crippen molar-refractivity contribution in [2.24, 2.45) is 17.6 Å². The molecule has 12 heteroatoms. The first kappa shape index (κ1) is 25.8. The molecular formula is C26H27ClN4O7. The molecule has 4 atom stereocenters. The number of carboxylic acids is 1. The maximum Gasteiger partial charge on any atom is 0.324 e. The molecule has 200 valence electrons. The fraction of sp³-hybridized carbons (Fsp3) is 0.385. The molecule has 5 N–H and O–H groups in total. The SMILES string of the molecule is Cc1ccc(N2C(=O)C3C(c4ccc5c(c4)OCCO5)NC(CCCNC(N)=O)(C(=O)O)C3C2=O)cc1Cl. The van der Waals surface area contributed by atoms with E-state index in [1.165, 1.54) is 6.07 Å². The van der Waals surface area contributed by atoms with E-state index in [0.29, 0.717) is 35.3 Å². The van der Waals surface area contributed by atoms with Crippen LogP contribution in [-0.2, 0) is 14.4 Å². The molecule has 0 saturated carbocycles. The van der Waals surface area contributed by atoms with Crippen LogP contribution in [0.5, 0.6) is 11.5 Å². The molecule has 2 aromatic rings. The number of aryl methyl sites for hydroxylation is 1. The van der Waals surface area contributed by atoms with Crippen molar-refractivity contribution in [2.75, 3.05) is 24.7 Å². The lowest BCUT2D eigenvalue weighted by Crippen LogP contribution is -2.56. The number of carboxylic acid groups (broad SMARTS) is 1. The first-order chi connectivity index (χ1) is 18.1. The average molecular weight is 543 g/mol. The lowest BCUT2D eigenvalue weighted by atomic mass is 9.77. The number of halogens is 1. The van der Waals surface area contributed by atoms with Gasteiger partial charge in [-0.2, -0.15) is 0 Å². The van der Waals surface area contributed by atoms with Gasteiger partial charge >= 0.3 is 12.0 Å². The predicted molar refractivity (Wildman–Crippen MR) is 136 cm³/mol. The minimum atomic E-state index is -1.78. The van der Waals surface area contributed by atoms with E-state index in [0.717, 1.165) is 10.5 Å². The molecule has 0 radical (unpaired) electrons. The highest BCUT2D eigenvalue weighted by Gasteiger charge is 2.68. The number of nitrogens with zero attached hydrogens (tertiary/aromatic N) is 1. The molecule has 0 spiro atoms. The van der Waals surface area contributed by atoms with Crippen molar-refractivity contribution in [3.8, 4) is 11.5 Å². The molecule has 5 rings (SSSR count). The largest absolute Gasteiger partial charge is 0.486 e. The van der Waals surface area contributed by atoms with Crippen LogP contribution in [-0.4, -0.2) is 54.2 Å². The van der Waals surface area contributed by atoms with E-state index in [1.54, 1.807) is 37.3 Å². The molecule has 2 fully saturated rings. The van der Waals surface area contributed by atoms with Crippen molar-refractivity contribution < 1.29 is 33.8 Å². The molecule has 3 heterocycles. The number of nitrogens with two attached hydrogens (primary N) is 1. The summed E-state index contributed by atoms with van der Waals surface area (Å²) in [6.07, 6.45) is 0.170. The van der Waals surface area contributed by atoms with Crippen LogP contribution < -0.4 is 30.7 Å². The van der Waals surface area contributed by atoms with Crippen LogP contribution in [0.25, 0.3) is 0 Å². The number of urea groups is 1. The Kier molecular flexibility index (Phi) is 6.66. The second-order valence-electron chi connectivity index (χ2n) is 9.65. The third kappa shape index (κ3) is 4.21. The third-order valence-corrected chi connectivity index (χ3v) is 7.83. The molecule has 2 aromatic carbocycles. The fourth-order valence-corrected chi connectivity index (χ4v) is 5.80. The molecule has 2 saturated heterocycles. The van der Waals surface area contributed by atoms with Gasteiger partial charge in [0.05, 0.1) is 17.5 Å². The summed E-state index contributed by atoms with van der Waals surface area (Å²) in [5.41, 5.74) is 5.00. The van der Waals surface area contributed by atoms with Crippen LogP contribution in [0.4, 0.5) is 10.5 Å². The van der Waals surface area contributed by atoms with E-state index in [2.05, 4.69) is 10.6 Å². The second kappa shape index (κ2) is 9.80. The highest BCUT2D eigenvalue weighted by Crippen LogP contribution is 2.52. The maximum absolute atomic E-state index is 13.9. The normalized spacial score (nSPS) is 25.8. The number of primary amides is 1. The van der Waals surface area contributed by atoms with Crippen molar-refractivity contribution in [1.82, 2.24) is 10.6 Å². The quantitative estimate of drug-likeness (QED) is 0.306. The molecule has 4 unspecified atom stereocenters. The molecule has 38 heavy (non-hydrogen) atoms. The number of rotatable bonds is 7. The van der Waals surface area contributed by atoms with E-state index in [-0.39, 0.29) is 25.1 Å². The van der Waals surface area contributed by atoms with Gasteiger partial charge in [-0.1, -0.05) is 23.7 Å². The minimum Gasteiger partial charge on any atom is -0.486 e. The number of fused-ring (bicyclic) bond motifs is 2. The third-order valence-electron chi connectivity index (χ3n) is 7.42. The number of anilines is 1. The van der Waals surface area contributed by atoms with Gasteiger partial charge in [0.2, 0.25) is 11.8 Å². The number of benzene rings is 2. The number of nitrogens with one attached hydrogen (secondary N) is 2. The summed E-state index contributed by atoms with van der Waals surface area (Å²) >= 11 is 6.29. The lowest BCUT2D eigenvalue weighted by Gasteiger charge is -2.31. The smallest absolute Gasteiger partial charge is 0.324 e. The van der Waals surface area contributed by atoms with Gasteiger partial charge < -0.3 is 25.6 Å². The van der Waals surface area contributed by atoms with E-state index >= 15 is 0 Å². The molecule has 0 aliphatic carbocycles. The zero-order valence-electron chi connectivity index (χ0n) is 20.5. The molecular weight excluding hydrogens is 516 g/mol. The molecule has 11 nitrogen and oxygen atoms in total. The minimum absolute atomic E-state index is 0.0354. The summed E-state index contributed by atoms with van der Waals surface area (Å²) < 4.78 is 11.3. The van der Waals surface area contributed by atoms with Gasteiger partial charge in [0.1, 0.15) is 18.8 Å². The Labute approximate surface area is 223 Å². The highest BCUT2D eigenvalue weighted by molar-refractivity contribution is 6.32. The van der Waals surface area contributed by atoms with E-state index in [9.17, 15) is 24.3 Å². The van der Waals surface area contributed by atoms with Crippen LogP contribution >= 0.6 is 11.6 Å². The number of carbonyl (C=O) groups excluding carboxylic acids is 3. The van der Waals surface area contributed by atoms with Gasteiger partial charge in [0, 0.05) is 17.6 Å². The van der Waals surface area contributed by atoms with Crippen LogP contribution in [0.15, 0.2) is 36.4 Å². The van der Waals surface area contributed by atoms with Gasteiger partial charge in [-0.15, -0.1) is 0 Å². The van der Waals surface area contributed by atoms with Gasteiger partial charge in [-0.05, 0) is 55.2 Å². The van der Waals surface area contributed by atoms with Crippen molar-refractivity contribution in [3.63, 3.8) is 0 Å². The number of carbonyl (C=O) groups is 4. The number of hydrogen-bond acceptors (Lipinski definition) is 7. The maximum atomic E-state index is 13.9. The Morgan fingerprint density at radius 1 is 1.16 bits per heavy atom. The van der Waals surface area contributed by atoms with Gasteiger partial charge in [0.25, 0.3) is 0 Å². The standard InChI is InChI=1S/C26H27ClN4O7/c1-13-3-5-15(12-16(13)27)31-22(32)19-20(23(31)33)26(24(34)35,7-2-8-29-25(28)36)30-21(19)14-4-6-17-18(11-14)38-10-9-37-17/h3-6,11-12,19-21,30H,2,7-10H2,1H3,(H,34,35)(H3,28,29,36). The van der Waals surface area contributed by atoms with E-state index in [1.807, 2.05) is 0 Å². The number of hydrogen-bond donors (Lipinski definition) is 4. The Bertz CT molecular complexity index is 1330. The van der Waals surface area contributed by atoms with E-state index in [4.69, 9.17) is 26.8 Å².